The van der Waals surface area contributed by atoms with Gasteiger partial charge in [-0.2, -0.15) is 0 Å². The number of carbonyl (C=O) groups excluding carboxylic acids is 2. The summed E-state index contributed by atoms with van der Waals surface area (Å²) in [5.41, 5.74) is 3.06. The Hall–Kier alpha value is -3.31. The zero-order valence-corrected chi connectivity index (χ0v) is 19.7. The lowest BCUT2D eigenvalue weighted by Crippen LogP contribution is -2.51. The van der Waals surface area contributed by atoms with E-state index in [1.807, 2.05) is 68.4 Å². The van der Waals surface area contributed by atoms with Gasteiger partial charge < -0.3 is 15.0 Å². The highest BCUT2D eigenvalue weighted by molar-refractivity contribution is 6.30. The van der Waals surface area contributed by atoms with Gasteiger partial charge in [0.2, 0.25) is 5.91 Å². The summed E-state index contributed by atoms with van der Waals surface area (Å²) in [6.07, 6.45) is 0.408. The summed E-state index contributed by atoms with van der Waals surface area (Å²) in [7, 11) is 0. The minimum Gasteiger partial charge on any atom is -0.484 e. The van der Waals surface area contributed by atoms with E-state index in [0.717, 1.165) is 16.7 Å². The lowest BCUT2D eigenvalue weighted by molar-refractivity contribution is -0.142. The van der Waals surface area contributed by atoms with E-state index in [1.54, 1.807) is 29.2 Å². The summed E-state index contributed by atoms with van der Waals surface area (Å²) in [4.78, 5) is 28.1. The molecule has 0 spiro atoms. The van der Waals surface area contributed by atoms with Crippen LogP contribution >= 0.6 is 11.6 Å². The summed E-state index contributed by atoms with van der Waals surface area (Å²) in [6, 6.07) is 23.8. The van der Waals surface area contributed by atoms with Gasteiger partial charge in [-0.25, -0.2) is 0 Å². The van der Waals surface area contributed by atoms with Crippen molar-refractivity contribution in [3.63, 3.8) is 0 Å². The third-order valence-corrected chi connectivity index (χ3v) is 5.52. The number of ether oxygens (including phenoxy) is 1. The van der Waals surface area contributed by atoms with E-state index in [2.05, 4.69) is 5.32 Å². The smallest absolute Gasteiger partial charge is 0.261 e. The number of nitrogens with zero attached hydrogens (tertiary/aromatic N) is 1. The van der Waals surface area contributed by atoms with Gasteiger partial charge in [0.1, 0.15) is 11.8 Å². The minimum absolute atomic E-state index is 0.182. The molecule has 3 aromatic rings. The van der Waals surface area contributed by atoms with Gasteiger partial charge >= 0.3 is 0 Å². The SMILES string of the molecule is CCNC(=O)[C@@H](Cc1ccccc1)N(Cc1ccc(C)cc1)C(=O)COc1ccc(Cl)cc1. The summed E-state index contributed by atoms with van der Waals surface area (Å²) >= 11 is 5.93. The third-order valence-electron chi connectivity index (χ3n) is 5.27. The Kier molecular flexibility index (Phi) is 8.90. The number of nitrogens with one attached hydrogen (secondary N) is 1. The monoisotopic (exact) mass is 464 g/mol. The van der Waals surface area contributed by atoms with Crippen molar-refractivity contribution < 1.29 is 14.3 Å². The minimum atomic E-state index is -0.671. The maximum Gasteiger partial charge on any atom is 0.261 e. The highest BCUT2D eigenvalue weighted by Crippen LogP contribution is 2.18. The molecule has 0 heterocycles. The van der Waals surface area contributed by atoms with E-state index >= 15 is 0 Å². The van der Waals surface area contributed by atoms with Crippen molar-refractivity contribution in [1.29, 1.82) is 0 Å². The van der Waals surface area contributed by atoms with Crippen LogP contribution in [0.1, 0.15) is 23.6 Å². The Balaban J connectivity index is 1.87. The summed E-state index contributed by atoms with van der Waals surface area (Å²) in [6.45, 7) is 4.49. The van der Waals surface area contributed by atoms with Crippen LogP contribution < -0.4 is 10.1 Å². The second-order valence-electron chi connectivity index (χ2n) is 7.85. The van der Waals surface area contributed by atoms with Gasteiger partial charge in [0.15, 0.2) is 6.61 Å². The number of amides is 2. The average Bonchev–Trinajstić information content (AvgIpc) is 2.82. The molecule has 0 aliphatic heterocycles. The van der Waals surface area contributed by atoms with Crippen molar-refractivity contribution >= 4 is 23.4 Å². The molecule has 5 nitrogen and oxygen atoms in total. The van der Waals surface area contributed by atoms with E-state index in [-0.39, 0.29) is 18.4 Å². The number of rotatable bonds is 10. The summed E-state index contributed by atoms with van der Waals surface area (Å²) in [5.74, 6) is 0.0895. The molecule has 0 saturated heterocycles. The predicted octanol–water partition coefficient (Wildman–Crippen LogP) is 4.80. The molecular weight excluding hydrogens is 436 g/mol. The molecule has 0 saturated carbocycles. The van der Waals surface area contributed by atoms with Gasteiger partial charge in [0.05, 0.1) is 0 Å². The number of hydrogen-bond acceptors (Lipinski definition) is 3. The van der Waals surface area contributed by atoms with Crippen LogP contribution in [-0.4, -0.2) is 35.9 Å². The van der Waals surface area contributed by atoms with Gasteiger partial charge in [0, 0.05) is 24.5 Å². The zero-order chi connectivity index (χ0) is 23.6. The summed E-state index contributed by atoms with van der Waals surface area (Å²) < 4.78 is 5.72. The normalized spacial score (nSPS) is 11.5. The number of carbonyl (C=O) groups is 2. The van der Waals surface area contributed by atoms with Crippen molar-refractivity contribution in [1.82, 2.24) is 10.2 Å². The van der Waals surface area contributed by atoms with Crippen molar-refractivity contribution in [2.75, 3.05) is 13.2 Å². The van der Waals surface area contributed by atoms with Crippen molar-refractivity contribution in [2.45, 2.75) is 32.9 Å². The van der Waals surface area contributed by atoms with E-state index in [0.29, 0.717) is 30.3 Å². The van der Waals surface area contributed by atoms with Crippen LogP contribution in [0.3, 0.4) is 0 Å². The van der Waals surface area contributed by atoms with Crippen LogP contribution in [0.4, 0.5) is 0 Å². The first-order valence-electron chi connectivity index (χ1n) is 11.0. The molecule has 3 aromatic carbocycles. The number of halogens is 1. The standard InChI is InChI=1S/C27H29ClN2O3/c1-3-29-27(32)25(17-21-7-5-4-6-8-21)30(18-22-11-9-20(2)10-12-22)26(31)19-33-24-15-13-23(28)14-16-24/h4-16,25H,3,17-19H2,1-2H3,(H,29,32)/t25-/m1/s1. The first kappa shape index (κ1) is 24.3. The van der Waals surface area contributed by atoms with E-state index in [9.17, 15) is 9.59 Å². The predicted molar refractivity (Wildman–Crippen MR) is 131 cm³/mol. The number of likely N-dealkylation sites (N-methyl/N-ethyl adjacent to an activating group) is 1. The van der Waals surface area contributed by atoms with Crippen LogP contribution in [0.5, 0.6) is 5.75 Å². The van der Waals surface area contributed by atoms with Crippen LogP contribution in [0.25, 0.3) is 0 Å². The lowest BCUT2D eigenvalue weighted by atomic mass is 10.0. The molecule has 172 valence electrons. The fraction of sp³-hybridized carbons (Fsp3) is 0.259. The number of benzene rings is 3. The Morgan fingerprint density at radius 2 is 1.61 bits per heavy atom. The molecule has 0 aliphatic rings. The molecule has 1 N–H and O–H groups in total. The highest BCUT2D eigenvalue weighted by Gasteiger charge is 2.30. The highest BCUT2D eigenvalue weighted by atomic mass is 35.5. The van der Waals surface area contributed by atoms with Crippen LogP contribution in [0.2, 0.25) is 5.02 Å². The summed E-state index contributed by atoms with van der Waals surface area (Å²) in [5, 5.41) is 3.48. The zero-order valence-electron chi connectivity index (χ0n) is 19.0. The van der Waals surface area contributed by atoms with E-state index < -0.39 is 6.04 Å². The molecule has 2 amide bonds. The third kappa shape index (κ3) is 7.36. The molecule has 33 heavy (non-hydrogen) atoms. The Labute approximate surface area is 200 Å². The molecule has 0 radical (unpaired) electrons. The van der Waals surface area contributed by atoms with Gasteiger partial charge in [-0.05, 0) is 49.2 Å². The second kappa shape index (κ2) is 12.1. The van der Waals surface area contributed by atoms with Crippen LogP contribution in [0.15, 0.2) is 78.9 Å². The largest absolute Gasteiger partial charge is 0.484 e. The maximum atomic E-state index is 13.4. The number of hydrogen-bond donors (Lipinski definition) is 1. The number of aryl methyl sites for hydroxylation is 1. The molecule has 0 aromatic heterocycles. The first-order chi connectivity index (χ1) is 16.0. The topological polar surface area (TPSA) is 58.6 Å². The molecule has 1 atom stereocenters. The molecule has 6 heteroatoms. The molecule has 0 unspecified atom stereocenters. The maximum absolute atomic E-state index is 13.4. The average molecular weight is 465 g/mol. The van der Waals surface area contributed by atoms with Crippen LogP contribution in [0, 0.1) is 6.92 Å². The molecule has 0 bridgehead atoms. The second-order valence-corrected chi connectivity index (χ2v) is 8.29. The molecule has 3 rings (SSSR count). The molecular formula is C27H29ClN2O3. The Bertz CT molecular complexity index is 1040. The van der Waals surface area contributed by atoms with E-state index in [4.69, 9.17) is 16.3 Å². The Morgan fingerprint density at radius 1 is 0.939 bits per heavy atom. The van der Waals surface area contributed by atoms with Gasteiger partial charge in [-0.3, -0.25) is 9.59 Å². The van der Waals surface area contributed by atoms with Crippen molar-refractivity contribution in [2.24, 2.45) is 0 Å². The fourth-order valence-corrected chi connectivity index (χ4v) is 3.62. The molecule has 0 fully saturated rings. The van der Waals surface area contributed by atoms with Crippen molar-refractivity contribution in [3.8, 4) is 5.75 Å². The fourth-order valence-electron chi connectivity index (χ4n) is 3.49. The quantitative estimate of drug-likeness (QED) is 0.468. The van der Waals surface area contributed by atoms with Gasteiger partial charge in [-0.1, -0.05) is 71.8 Å². The molecule has 0 aliphatic carbocycles. The van der Waals surface area contributed by atoms with Gasteiger partial charge in [0.25, 0.3) is 5.91 Å². The first-order valence-corrected chi connectivity index (χ1v) is 11.4. The Morgan fingerprint density at radius 3 is 2.24 bits per heavy atom. The van der Waals surface area contributed by atoms with Crippen molar-refractivity contribution in [3.05, 3.63) is 101 Å². The van der Waals surface area contributed by atoms with Crippen LogP contribution in [-0.2, 0) is 22.6 Å². The lowest BCUT2D eigenvalue weighted by Gasteiger charge is -2.31. The van der Waals surface area contributed by atoms with Gasteiger partial charge in [-0.15, -0.1) is 0 Å². The van der Waals surface area contributed by atoms with E-state index in [1.165, 1.54) is 0 Å².